The number of ether oxygens (including phenoxy) is 1. The number of methoxy groups -OCH3 is 1. The van der Waals surface area contributed by atoms with Gasteiger partial charge in [-0.3, -0.25) is 0 Å². The Balaban J connectivity index is 1.93. The maximum atomic E-state index is 12.0. The fourth-order valence-corrected chi connectivity index (χ4v) is 3.08. The number of aromatic nitrogens is 2. The molecule has 8 heteroatoms. The van der Waals surface area contributed by atoms with E-state index in [1.165, 1.54) is 0 Å². The highest BCUT2D eigenvalue weighted by Gasteiger charge is 2.38. The zero-order chi connectivity index (χ0) is 13.2. The third-order valence-electron chi connectivity index (χ3n) is 3.10. The molecule has 18 heavy (non-hydrogen) atoms. The van der Waals surface area contributed by atoms with Gasteiger partial charge >= 0.3 is 0 Å². The summed E-state index contributed by atoms with van der Waals surface area (Å²) in [6.07, 6.45) is 1.46. The van der Waals surface area contributed by atoms with E-state index in [0.717, 1.165) is 6.42 Å². The van der Waals surface area contributed by atoms with Crippen LogP contribution < -0.4 is 4.72 Å². The second-order valence-electron chi connectivity index (χ2n) is 4.43. The summed E-state index contributed by atoms with van der Waals surface area (Å²) in [5.74, 6) is 0.809. The number of sulfonamides is 1. The molecule has 1 aliphatic carbocycles. The first kappa shape index (κ1) is 13.4. The standard InChI is InChI=1S/C10H17N3O4S/c1-3-9-10(13-17-12-9)18(14,15)11-5-7-4-8(7)6-16-2/h7-8,11H,3-6H2,1-2H3/t7-,8-/m0/s1. The van der Waals surface area contributed by atoms with Gasteiger partial charge in [-0.05, 0) is 29.8 Å². The Labute approximate surface area is 106 Å². The van der Waals surface area contributed by atoms with Crippen LogP contribution in [0.2, 0.25) is 0 Å². The minimum absolute atomic E-state index is 0.103. The Bertz CT molecular complexity index is 499. The molecule has 2 atom stereocenters. The van der Waals surface area contributed by atoms with Crippen LogP contribution in [-0.4, -0.2) is 39.0 Å². The van der Waals surface area contributed by atoms with Gasteiger partial charge in [-0.15, -0.1) is 0 Å². The maximum Gasteiger partial charge on any atom is 0.263 e. The van der Waals surface area contributed by atoms with Crippen molar-refractivity contribution in [3.63, 3.8) is 0 Å². The first-order chi connectivity index (χ1) is 8.58. The molecule has 0 aromatic carbocycles. The van der Waals surface area contributed by atoms with Gasteiger partial charge in [-0.2, -0.15) is 0 Å². The van der Waals surface area contributed by atoms with E-state index in [1.54, 1.807) is 14.0 Å². The van der Waals surface area contributed by atoms with Crippen molar-refractivity contribution in [1.29, 1.82) is 0 Å². The third-order valence-corrected chi connectivity index (χ3v) is 4.46. The summed E-state index contributed by atoms with van der Waals surface area (Å²) in [6.45, 7) is 2.89. The number of rotatable bonds is 7. The van der Waals surface area contributed by atoms with E-state index in [-0.39, 0.29) is 5.03 Å². The van der Waals surface area contributed by atoms with Crippen molar-refractivity contribution >= 4 is 10.0 Å². The number of nitrogens with one attached hydrogen (secondary N) is 1. The number of nitrogens with zero attached hydrogens (tertiary/aromatic N) is 2. The van der Waals surface area contributed by atoms with Crippen molar-refractivity contribution in [2.24, 2.45) is 11.8 Å². The lowest BCUT2D eigenvalue weighted by Gasteiger charge is -2.03. The molecule has 0 amide bonds. The molecule has 0 bridgehead atoms. The Hall–Kier alpha value is -0.990. The van der Waals surface area contributed by atoms with Crippen LogP contribution in [0.25, 0.3) is 0 Å². The Kier molecular flexibility index (Phi) is 3.98. The second-order valence-corrected chi connectivity index (χ2v) is 6.11. The van der Waals surface area contributed by atoms with Crippen LogP contribution in [0.4, 0.5) is 0 Å². The number of aryl methyl sites for hydroxylation is 1. The van der Waals surface area contributed by atoms with Gasteiger partial charge in [0.15, 0.2) is 0 Å². The van der Waals surface area contributed by atoms with Crippen LogP contribution >= 0.6 is 0 Å². The van der Waals surface area contributed by atoms with E-state index in [4.69, 9.17) is 4.74 Å². The summed E-state index contributed by atoms with van der Waals surface area (Å²) in [5.41, 5.74) is 0.353. The maximum absolute atomic E-state index is 12.0. The lowest BCUT2D eigenvalue weighted by atomic mass is 10.3. The predicted octanol–water partition coefficient (Wildman–Crippen LogP) is 0.193. The molecule has 0 spiro atoms. The molecule has 1 aliphatic rings. The van der Waals surface area contributed by atoms with Crippen molar-refractivity contribution in [1.82, 2.24) is 15.0 Å². The van der Waals surface area contributed by atoms with Crippen LogP contribution in [0.5, 0.6) is 0 Å². The van der Waals surface area contributed by atoms with E-state index >= 15 is 0 Å². The van der Waals surface area contributed by atoms with Crippen molar-refractivity contribution in [2.75, 3.05) is 20.3 Å². The molecule has 7 nitrogen and oxygen atoms in total. The van der Waals surface area contributed by atoms with E-state index in [2.05, 4.69) is 19.7 Å². The van der Waals surface area contributed by atoms with Gasteiger partial charge in [0.1, 0.15) is 5.69 Å². The molecule has 102 valence electrons. The molecule has 1 aromatic rings. The molecular formula is C10H17N3O4S. The predicted molar refractivity (Wildman–Crippen MR) is 62.3 cm³/mol. The van der Waals surface area contributed by atoms with Gasteiger partial charge in [0.2, 0.25) is 5.03 Å². The average molecular weight is 275 g/mol. The Morgan fingerprint density at radius 3 is 2.89 bits per heavy atom. The van der Waals surface area contributed by atoms with Crippen LogP contribution in [0.15, 0.2) is 9.65 Å². The molecule has 0 aliphatic heterocycles. The zero-order valence-corrected chi connectivity index (χ0v) is 11.2. The molecule has 0 radical (unpaired) electrons. The van der Waals surface area contributed by atoms with Gasteiger partial charge in [0, 0.05) is 20.3 Å². The Morgan fingerprint density at radius 1 is 1.44 bits per heavy atom. The molecular weight excluding hydrogens is 258 g/mol. The normalized spacial score (nSPS) is 23.2. The number of hydrogen-bond acceptors (Lipinski definition) is 6. The van der Waals surface area contributed by atoms with Crippen LogP contribution in [0.1, 0.15) is 19.0 Å². The highest BCUT2D eigenvalue weighted by molar-refractivity contribution is 7.89. The average Bonchev–Trinajstić information content (AvgIpc) is 2.90. The van der Waals surface area contributed by atoms with Crippen molar-refractivity contribution < 1.29 is 17.8 Å². The van der Waals surface area contributed by atoms with E-state index < -0.39 is 10.0 Å². The highest BCUT2D eigenvalue weighted by Crippen LogP contribution is 2.38. The second kappa shape index (κ2) is 5.33. The van der Waals surface area contributed by atoms with Gasteiger partial charge < -0.3 is 4.74 Å². The molecule has 1 heterocycles. The fourth-order valence-electron chi connectivity index (χ4n) is 1.88. The molecule has 1 fully saturated rings. The first-order valence-corrected chi connectivity index (χ1v) is 7.36. The molecule has 0 saturated heterocycles. The van der Waals surface area contributed by atoms with Crippen molar-refractivity contribution in [2.45, 2.75) is 24.8 Å². The summed E-state index contributed by atoms with van der Waals surface area (Å²) in [7, 11) is -1.96. The molecule has 2 rings (SSSR count). The van der Waals surface area contributed by atoms with Crippen LogP contribution in [0, 0.1) is 11.8 Å². The SMILES string of the molecule is CCc1nonc1S(=O)(=O)NC[C@@H]1C[C@H]1COC. The topological polar surface area (TPSA) is 94.3 Å². The van der Waals surface area contributed by atoms with E-state index in [9.17, 15) is 8.42 Å². The monoisotopic (exact) mass is 275 g/mol. The highest BCUT2D eigenvalue weighted by atomic mass is 32.2. The van der Waals surface area contributed by atoms with Gasteiger partial charge in [0.25, 0.3) is 10.0 Å². The minimum Gasteiger partial charge on any atom is -0.384 e. The van der Waals surface area contributed by atoms with E-state index in [1.807, 2.05) is 0 Å². The summed E-state index contributed by atoms with van der Waals surface area (Å²) in [4.78, 5) is 0. The number of hydrogen-bond donors (Lipinski definition) is 1. The van der Waals surface area contributed by atoms with Gasteiger partial charge in [0.05, 0.1) is 0 Å². The molecule has 0 unspecified atom stereocenters. The van der Waals surface area contributed by atoms with E-state index in [0.29, 0.717) is 37.1 Å². The lowest BCUT2D eigenvalue weighted by Crippen LogP contribution is -2.27. The molecule has 1 aromatic heterocycles. The lowest BCUT2D eigenvalue weighted by molar-refractivity contribution is 0.181. The Morgan fingerprint density at radius 2 is 2.22 bits per heavy atom. The fraction of sp³-hybridized carbons (Fsp3) is 0.800. The summed E-state index contributed by atoms with van der Waals surface area (Å²) in [5, 5.41) is 6.91. The van der Waals surface area contributed by atoms with Crippen LogP contribution in [-0.2, 0) is 21.2 Å². The molecule has 1 saturated carbocycles. The minimum atomic E-state index is -3.61. The van der Waals surface area contributed by atoms with Gasteiger partial charge in [-0.25, -0.2) is 17.8 Å². The largest absolute Gasteiger partial charge is 0.384 e. The summed E-state index contributed by atoms with van der Waals surface area (Å²) in [6, 6.07) is 0. The quantitative estimate of drug-likeness (QED) is 0.763. The van der Waals surface area contributed by atoms with Gasteiger partial charge in [-0.1, -0.05) is 12.1 Å². The molecule has 1 N–H and O–H groups in total. The first-order valence-electron chi connectivity index (χ1n) is 5.88. The smallest absolute Gasteiger partial charge is 0.263 e. The van der Waals surface area contributed by atoms with Crippen molar-refractivity contribution in [3.05, 3.63) is 5.69 Å². The van der Waals surface area contributed by atoms with Crippen molar-refractivity contribution in [3.8, 4) is 0 Å². The summed E-state index contributed by atoms with van der Waals surface area (Å²) < 4.78 is 36.0. The zero-order valence-electron chi connectivity index (χ0n) is 10.4. The van der Waals surface area contributed by atoms with Crippen LogP contribution in [0.3, 0.4) is 0 Å². The summed E-state index contributed by atoms with van der Waals surface area (Å²) >= 11 is 0. The third kappa shape index (κ3) is 2.88.